The van der Waals surface area contributed by atoms with E-state index in [-0.39, 0.29) is 0 Å². The third-order valence-corrected chi connectivity index (χ3v) is 1.86. The highest BCUT2D eigenvalue weighted by Gasteiger charge is 2.26. The number of hydrogen-bond acceptors (Lipinski definition) is 6. The lowest BCUT2D eigenvalue weighted by atomic mass is 10.1. The molecule has 0 atom stereocenters. The molecule has 0 spiro atoms. The maximum absolute atomic E-state index is 10.8. The molecule has 1 aromatic carbocycles. The number of rotatable bonds is 4. The summed E-state index contributed by atoms with van der Waals surface area (Å²) in [7, 11) is 0. The average Bonchev–Trinajstić information content (AvgIpc) is 2.28. The molecule has 0 aliphatic carbocycles. The molecule has 0 amide bonds. The van der Waals surface area contributed by atoms with Crippen molar-refractivity contribution in [3.05, 3.63) is 48.4 Å². The monoisotopic (exact) mass is 253 g/mol. The summed E-state index contributed by atoms with van der Waals surface area (Å²) < 4.78 is 0. The van der Waals surface area contributed by atoms with Crippen molar-refractivity contribution in [2.24, 2.45) is 5.11 Å². The second kappa shape index (κ2) is 4.76. The first-order valence-electron chi connectivity index (χ1n) is 4.13. The lowest BCUT2D eigenvalue weighted by molar-refractivity contribution is -0.393. The van der Waals surface area contributed by atoms with E-state index in [1.807, 2.05) is 0 Å². The van der Waals surface area contributed by atoms with E-state index in [0.717, 1.165) is 0 Å². The van der Waals surface area contributed by atoms with Gasteiger partial charge >= 0.3 is 5.97 Å². The Bertz CT molecular complexity index is 569. The number of benzene rings is 1. The zero-order valence-corrected chi connectivity index (χ0v) is 8.38. The highest BCUT2D eigenvalue weighted by atomic mass is 16.6. The van der Waals surface area contributed by atoms with Crippen LogP contribution in [0.25, 0.3) is 10.4 Å². The molecule has 0 saturated heterocycles. The van der Waals surface area contributed by atoms with E-state index in [0.29, 0.717) is 12.1 Å². The zero-order valence-electron chi connectivity index (χ0n) is 8.38. The van der Waals surface area contributed by atoms with Crippen molar-refractivity contribution in [1.82, 2.24) is 0 Å². The fourth-order valence-electron chi connectivity index (χ4n) is 1.16. The molecule has 0 unspecified atom stereocenters. The van der Waals surface area contributed by atoms with Crippen molar-refractivity contribution in [1.29, 1.82) is 0 Å². The Kier molecular flexibility index (Phi) is 3.40. The Labute approximate surface area is 97.2 Å². The number of hydrogen-bond donors (Lipinski definition) is 1. The molecular formula is C7H3N5O6. The van der Waals surface area contributed by atoms with Crippen LogP contribution < -0.4 is 0 Å². The number of nitro groups is 2. The number of carboxylic acids is 1. The number of azide groups is 1. The van der Waals surface area contributed by atoms with Crippen LogP contribution in [0.5, 0.6) is 0 Å². The zero-order chi connectivity index (χ0) is 13.9. The van der Waals surface area contributed by atoms with Gasteiger partial charge in [0.15, 0.2) is 0 Å². The number of carbonyl (C=O) groups is 1. The Morgan fingerprint density at radius 1 is 1.33 bits per heavy atom. The van der Waals surface area contributed by atoms with E-state index in [1.54, 1.807) is 0 Å². The van der Waals surface area contributed by atoms with Gasteiger partial charge in [-0.15, -0.1) is 0 Å². The molecule has 0 aliphatic rings. The lowest BCUT2D eigenvalue weighted by Crippen LogP contribution is -2.02. The van der Waals surface area contributed by atoms with Crippen LogP contribution in [0, 0.1) is 20.2 Å². The van der Waals surface area contributed by atoms with Crippen LogP contribution in [0.2, 0.25) is 0 Å². The van der Waals surface area contributed by atoms with E-state index >= 15 is 0 Å². The van der Waals surface area contributed by atoms with Crippen molar-refractivity contribution >= 4 is 23.0 Å². The maximum atomic E-state index is 10.8. The summed E-state index contributed by atoms with van der Waals surface area (Å²) in [5, 5.41) is 32.8. The van der Waals surface area contributed by atoms with E-state index in [9.17, 15) is 25.0 Å². The Hall–Kier alpha value is -3.20. The molecule has 1 aromatic rings. The first-order valence-corrected chi connectivity index (χ1v) is 4.13. The molecular weight excluding hydrogens is 250 g/mol. The molecule has 11 nitrogen and oxygen atoms in total. The van der Waals surface area contributed by atoms with Crippen molar-refractivity contribution in [2.75, 3.05) is 0 Å². The van der Waals surface area contributed by atoms with Crippen molar-refractivity contribution in [2.45, 2.75) is 0 Å². The summed E-state index contributed by atoms with van der Waals surface area (Å²) in [6.45, 7) is 0. The fraction of sp³-hybridized carbons (Fsp3) is 0. The standard InChI is InChI=1S/C7H3N5O6/c8-10-9-6-4(7(13)14)1-3(11(15)16)2-5(6)12(17)18/h1-2H,(H,13,14). The second-order valence-corrected chi connectivity index (χ2v) is 2.87. The third-order valence-electron chi connectivity index (χ3n) is 1.86. The number of nitrogens with zero attached hydrogens (tertiary/aromatic N) is 5. The number of carboxylic acid groups (broad SMARTS) is 1. The molecule has 0 heterocycles. The van der Waals surface area contributed by atoms with Crippen LogP contribution in [-0.2, 0) is 0 Å². The molecule has 0 bridgehead atoms. The first-order chi connectivity index (χ1) is 8.38. The van der Waals surface area contributed by atoms with Crippen LogP contribution in [0.15, 0.2) is 17.2 Å². The summed E-state index contributed by atoms with van der Waals surface area (Å²) in [6.07, 6.45) is 0. The van der Waals surface area contributed by atoms with Crippen molar-refractivity contribution in [3.8, 4) is 0 Å². The van der Waals surface area contributed by atoms with E-state index < -0.39 is 38.4 Å². The largest absolute Gasteiger partial charge is 0.478 e. The van der Waals surface area contributed by atoms with Crippen LogP contribution in [-0.4, -0.2) is 20.9 Å². The van der Waals surface area contributed by atoms with Crippen LogP contribution >= 0.6 is 0 Å². The van der Waals surface area contributed by atoms with Crippen LogP contribution in [0.1, 0.15) is 10.4 Å². The predicted molar refractivity (Wildman–Crippen MR) is 55.5 cm³/mol. The smallest absolute Gasteiger partial charge is 0.336 e. The minimum Gasteiger partial charge on any atom is -0.478 e. The van der Waals surface area contributed by atoms with Gasteiger partial charge in [0.1, 0.15) is 5.69 Å². The summed E-state index contributed by atoms with van der Waals surface area (Å²) in [6, 6.07) is 1.11. The van der Waals surface area contributed by atoms with Gasteiger partial charge in [-0.25, -0.2) is 4.79 Å². The Morgan fingerprint density at radius 3 is 2.33 bits per heavy atom. The Balaban J connectivity index is 3.76. The summed E-state index contributed by atoms with van der Waals surface area (Å²) in [5.74, 6) is -1.68. The quantitative estimate of drug-likeness (QED) is 0.282. The van der Waals surface area contributed by atoms with Gasteiger partial charge in [-0.2, -0.15) is 0 Å². The highest BCUT2D eigenvalue weighted by molar-refractivity contribution is 5.96. The molecule has 1 rings (SSSR count). The molecule has 1 N–H and O–H groups in total. The van der Waals surface area contributed by atoms with Crippen molar-refractivity contribution < 1.29 is 19.7 Å². The van der Waals surface area contributed by atoms with Crippen LogP contribution in [0.4, 0.5) is 17.1 Å². The Morgan fingerprint density at radius 2 is 1.94 bits per heavy atom. The molecule has 0 fully saturated rings. The minimum atomic E-state index is -1.68. The molecule has 18 heavy (non-hydrogen) atoms. The van der Waals surface area contributed by atoms with Gasteiger partial charge in [0.2, 0.25) is 0 Å². The fourth-order valence-corrected chi connectivity index (χ4v) is 1.16. The minimum absolute atomic E-state index is 0.524. The van der Waals surface area contributed by atoms with Gasteiger partial charge in [0.25, 0.3) is 11.4 Å². The van der Waals surface area contributed by atoms with Gasteiger partial charge in [-0.1, -0.05) is 5.11 Å². The lowest BCUT2D eigenvalue weighted by Gasteiger charge is -2.01. The third kappa shape index (κ3) is 2.31. The molecule has 11 heteroatoms. The van der Waals surface area contributed by atoms with Gasteiger partial charge in [0, 0.05) is 11.0 Å². The molecule has 0 saturated carbocycles. The van der Waals surface area contributed by atoms with E-state index in [2.05, 4.69) is 10.0 Å². The summed E-state index contributed by atoms with van der Waals surface area (Å²) >= 11 is 0. The van der Waals surface area contributed by atoms with Gasteiger partial charge in [-0.3, -0.25) is 20.2 Å². The second-order valence-electron chi connectivity index (χ2n) is 2.87. The SMILES string of the molecule is [N-]=[N+]=Nc1c(C(=O)O)cc([N+](=O)[O-])cc1[N+](=O)[O-]. The average molecular weight is 253 g/mol. The molecule has 0 radical (unpaired) electrons. The van der Waals surface area contributed by atoms with Gasteiger partial charge in [-0.05, 0) is 5.53 Å². The highest BCUT2D eigenvalue weighted by Crippen LogP contribution is 2.35. The van der Waals surface area contributed by atoms with Crippen molar-refractivity contribution in [3.63, 3.8) is 0 Å². The normalized spacial score (nSPS) is 9.33. The van der Waals surface area contributed by atoms with E-state index in [4.69, 9.17) is 10.6 Å². The topological polar surface area (TPSA) is 172 Å². The molecule has 0 aliphatic heterocycles. The summed E-state index contributed by atoms with van der Waals surface area (Å²) in [5.41, 5.74) is 4.90. The summed E-state index contributed by atoms with van der Waals surface area (Å²) in [4.78, 5) is 32.2. The first kappa shape index (κ1) is 12.9. The maximum Gasteiger partial charge on any atom is 0.336 e. The predicted octanol–water partition coefficient (Wildman–Crippen LogP) is 2.14. The molecule has 92 valence electrons. The number of nitro benzene ring substituents is 2. The number of aromatic carboxylic acids is 1. The molecule has 0 aromatic heterocycles. The van der Waals surface area contributed by atoms with E-state index in [1.165, 1.54) is 0 Å². The van der Waals surface area contributed by atoms with Gasteiger partial charge in [0.05, 0.1) is 21.5 Å². The van der Waals surface area contributed by atoms with Gasteiger partial charge < -0.3 is 5.11 Å². The van der Waals surface area contributed by atoms with Crippen LogP contribution in [0.3, 0.4) is 0 Å². The number of non-ortho nitro benzene ring substituents is 1.